The van der Waals surface area contributed by atoms with Gasteiger partial charge in [0.2, 0.25) is 0 Å². The molecule has 1 aliphatic heterocycles. The minimum Gasteiger partial charge on any atom is -0.380 e. The lowest BCUT2D eigenvalue weighted by atomic mass is 10.3. The number of ether oxygens (including phenoxy) is 1. The number of fused-ring (bicyclic) bond motifs is 1. The van der Waals surface area contributed by atoms with Crippen LogP contribution in [0.3, 0.4) is 0 Å². The van der Waals surface area contributed by atoms with E-state index in [1.54, 1.807) is 7.11 Å². The van der Waals surface area contributed by atoms with Crippen molar-refractivity contribution < 1.29 is 4.74 Å². The zero-order valence-electron chi connectivity index (χ0n) is 6.90. The first-order valence-electron chi connectivity index (χ1n) is 3.90. The Morgan fingerprint density at radius 1 is 1.25 bits per heavy atom. The molecule has 12 heavy (non-hydrogen) atoms. The topological polar surface area (TPSA) is 34.0 Å². The third-order valence-corrected chi connectivity index (χ3v) is 1.77. The molecule has 1 aromatic rings. The second-order valence-electron chi connectivity index (χ2n) is 2.68. The van der Waals surface area contributed by atoms with E-state index in [1.807, 2.05) is 24.3 Å². The molecule has 62 valence electrons. The zero-order chi connectivity index (χ0) is 8.39. The maximum absolute atomic E-state index is 4.97. The summed E-state index contributed by atoms with van der Waals surface area (Å²) in [6.07, 6.45) is -0.0348. The van der Waals surface area contributed by atoms with Crippen LogP contribution in [-0.2, 0) is 4.74 Å². The zero-order valence-corrected chi connectivity index (χ0v) is 6.90. The molecule has 1 heterocycles. The average Bonchev–Trinajstić information content (AvgIpc) is 2.47. The van der Waals surface area contributed by atoms with Gasteiger partial charge < -0.3 is 4.74 Å². The molecule has 1 aliphatic rings. The number of hydrogen-bond acceptors (Lipinski definition) is 3. The van der Waals surface area contributed by atoms with Gasteiger partial charge in [-0.3, -0.25) is 9.98 Å². The fraction of sp³-hybridized carbons (Fsp3) is 0.333. The fourth-order valence-corrected chi connectivity index (χ4v) is 1.26. The summed E-state index contributed by atoms with van der Waals surface area (Å²) in [5.74, 6) is 0. The van der Waals surface area contributed by atoms with E-state index in [2.05, 4.69) is 9.98 Å². The number of methoxy groups -OCH3 is 1. The van der Waals surface area contributed by atoms with Crippen LogP contribution >= 0.6 is 0 Å². The first kappa shape index (κ1) is 7.43. The number of para-hydroxylation sites is 2. The maximum Gasteiger partial charge on any atom is 0.164 e. The molecule has 3 heteroatoms. The van der Waals surface area contributed by atoms with Crippen LogP contribution in [0.2, 0.25) is 0 Å². The highest BCUT2D eigenvalue weighted by atomic mass is 16.5. The third-order valence-electron chi connectivity index (χ3n) is 1.77. The Balaban J connectivity index is 2.40. The maximum atomic E-state index is 4.97. The van der Waals surface area contributed by atoms with Gasteiger partial charge in [0.1, 0.15) is 0 Å². The SMILES string of the molecule is COCC1N=c2ccccc2=N1. The van der Waals surface area contributed by atoms with Crippen molar-refractivity contribution in [1.29, 1.82) is 0 Å². The summed E-state index contributed by atoms with van der Waals surface area (Å²) in [6, 6.07) is 7.86. The lowest BCUT2D eigenvalue weighted by Crippen LogP contribution is -2.19. The van der Waals surface area contributed by atoms with Crippen LogP contribution in [0.15, 0.2) is 34.3 Å². The Morgan fingerprint density at radius 2 is 1.83 bits per heavy atom. The van der Waals surface area contributed by atoms with E-state index in [-0.39, 0.29) is 6.17 Å². The van der Waals surface area contributed by atoms with E-state index < -0.39 is 0 Å². The van der Waals surface area contributed by atoms with Gasteiger partial charge in [-0.25, -0.2) is 0 Å². The van der Waals surface area contributed by atoms with E-state index in [0.717, 1.165) is 10.7 Å². The lowest BCUT2D eigenvalue weighted by molar-refractivity contribution is 0.183. The molecule has 0 spiro atoms. The lowest BCUT2D eigenvalue weighted by Gasteiger charge is -1.99. The van der Waals surface area contributed by atoms with Gasteiger partial charge in [0, 0.05) is 7.11 Å². The molecule has 0 amide bonds. The normalized spacial score (nSPS) is 15.1. The van der Waals surface area contributed by atoms with Crippen molar-refractivity contribution >= 4 is 0 Å². The van der Waals surface area contributed by atoms with Crippen molar-refractivity contribution in [2.75, 3.05) is 13.7 Å². The molecule has 1 aromatic carbocycles. The number of hydrogen-bond donors (Lipinski definition) is 0. The van der Waals surface area contributed by atoms with E-state index >= 15 is 0 Å². The molecule has 0 aromatic heterocycles. The standard InChI is InChI=1S/C9H10N2O/c1-12-6-9-10-7-4-2-3-5-8(7)11-9/h2-5,9H,6H2,1H3. The van der Waals surface area contributed by atoms with Crippen LogP contribution in [0.5, 0.6) is 0 Å². The summed E-state index contributed by atoms with van der Waals surface area (Å²) >= 11 is 0. The van der Waals surface area contributed by atoms with Crippen molar-refractivity contribution in [3.63, 3.8) is 0 Å². The molecule has 0 unspecified atom stereocenters. The third kappa shape index (κ3) is 1.23. The predicted molar refractivity (Wildman–Crippen MR) is 44.4 cm³/mol. The highest BCUT2D eigenvalue weighted by molar-refractivity contribution is 5.03. The Labute approximate surface area is 70.4 Å². The van der Waals surface area contributed by atoms with Crippen LogP contribution in [0, 0.1) is 0 Å². The van der Waals surface area contributed by atoms with Crippen LogP contribution in [0.1, 0.15) is 0 Å². The largest absolute Gasteiger partial charge is 0.380 e. The summed E-state index contributed by atoms with van der Waals surface area (Å²) in [4.78, 5) is 8.70. The van der Waals surface area contributed by atoms with Gasteiger partial charge in [-0.2, -0.15) is 0 Å². The first-order valence-corrected chi connectivity index (χ1v) is 3.90. The van der Waals surface area contributed by atoms with Gasteiger partial charge in [-0.05, 0) is 12.1 Å². The molecular weight excluding hydrogens is 152 g/mol. The minimum absolute atomic E-state index is 0.0348. The smallest absolute Gasteiger partial charge is 0.164 e. The quantitative estimate of drug-likeness (QED) is 0.598. The average molecular weight is 162 g/mol. The minimum atomic E-state index is -0.0348. The summed E-state index contributed by atoms with van der Waals surface area (Å²) in [7, 11) is 1.66. The fourth-order valence-electron chi connectivity index (χ4n) is 1.26. The summed E-state index contributed by atoms with van der Waals surface area (Å²) < 4.78 is 4.97. The van der Waals surface area contributed by atoms with E-state index in [0.29, 0.717) is 6.61 Å². The van der Waals surface area contributed by atoms with E-state index in [4.69, 9.17) is 4.74 Å². The van der Waals surface area contributed by atoms with Gasteiger partial charge in [-0.15, -0.1) is 0 Å². The second-order valence-corrected chi connectivity index (χ2v) is 2.68. The van der Waals surface area contributed by atoms with E-state index in [1.165, 1.54) is 0 Å². The predicted octanol–water partition coefficient (Wildman–Crippen LogP) is -0.0881. The summed E-state index contributed by atoms with van der Waals surface area (Å²) in [5, 5.41) is 1.94. The van der Waals surface area contributed by atoms with Gasteiger partial charge >= 0.3 is 0 Å². The summed E-state index contributed by atoms with van der Waals surface area (Å²) in [5.41, 5.74) is 0. The van der Waals surface area contributed by atoms with Crippen LogP contribution in [0.4, 0.5) is 0 Å². The van der Waals surface area contributed by atoms with Crippen LogP contribution in [0.25, 0.3) is 0 Å². The Bertz CT molecular complexity index is 351. The molecule has 2 rings (SSSR count). The van der Waals surface area contributed by atoms with Crippen molar-refractivity contribution in [3.05, 3.63) is 35.0 Å². The molecule has 0 atom stereocenters. The van der Waals surface area contributed by atoms with Gasteiger partial charge in [0.15, 0.2) is 6.17 Å². The molecule has 0 aliphatic carbocycles. The molecule has 0 bridgehead atoms. The molecule has 3 nitrogen and oxygen atoms in total. The number of nitrogens with zero attached hydrogens (tertiary/aromatic N) is 2. The molecule has 0 fully saturated rings. The molecular formula is C9H10N2O. The van der Waals surface area contributed by atoms with Crippen molar-refractivity contribution in [2.24, 2.45) is 9.98 Å². The number of rotatable bonds is 2. The van der Waals surface area contributed by atoms with Crippen molar-refractivity contribution in [3.8, 4) is 0 Å². The molecule has 0 radical (unpaired) electrons. The van der Waals surface area contributed by atoms with Gasteiger partial charge in [0.05, 0.1) is 17.3 Å². The van der Waals surface area contributed by atoms with Crippen molar-refractivity contribution in [1.82, 2.24) is 0 Å². The molecule has 0 saturated heterocycles. The second kappa shape index (κ2) is 3.03. The molecule has 0 N–H and O–H groups in total. The van der Waals surface area contributed by atoms with Crippen molar-refractivity contribution in [2.45, 2.75) is 6.17 Å². The Hall–Kier alpha value is -1.22. The molecule has 0 saturated carbocycles. The highest BCUT2D eigenvalue weighted by Crippen LogP contribution is 1.94. The Kier molecular flexibility index (Phi) is 1.87. The number of benzene rings is 1. The highest BCUT2D eigenvalue weighted by Gasteiger charge is 2.07. The first-order chi connectivity index (χ1) is 5.90. The van der Waals surface area contributed by atoms with Gasteiger partial charge in [0.25, 0.3) is 0 Å². The van der Waals surface area contributed by atoms with E-state index in [9.17, 15) is 0 Å². The summed E-state index contributed by atoms with van der Waals surface area (Å²) in [6.45, 7) is 0.564. The monoisotopic (exact) mass is 162 g/mol. The van der Waals surface area contributed by atoms with Crippen LogP contribution < -0.4 is 10.7 Å². The Morgan fingerprint density at radius 3 is 2.33 bits per heavy atom. The van der Waals surface area contributed by atoms with Crippen LogP contribution in [-0.4, -0.2) is 19.9 Å². The van der Waals surface area contributed by atoms with Gasteiger partial charge in [-0.1, -0.05) is 12.1 Å².